The Labute approximate surface area is 115 Å². The summed E-state index contributed by atoms with van der Waals surface area (Å²) < 4.78 is 36.6. The van der Waals surface area contributed by atoms with E-state index in [0.717, 1.165) is 12.8 Å². The van der Waals surface area contributed by atoms with Crippen molar-refractivity contribution < 1.29 is 17.7 Å². The quantitative estimate of drug-likeness (QED) is 0.586. The second-order valence-electron chi connectivity index (χ2n) is 4.67. The van der Waals surface area contributed by atoms with E-state index in [0.29, 0.717) is 17.9 Å². The van der Waals surface area contributed by atoms with Crippen molar-refractivity contribution in [3.05, 3.63) is 23.8 Å². The SMILES string of the molecule is CCCCCCCOc1ccc(S(=O)(=O)O)c(C)c1. The number of hydrogen-bond donors (Lipinski definition) is 1. The van der Waals surface area contributed by atoms with Crippen molar-refractivity contribution in [1.82, 2.24) is 0 Å². The minimum absolute atomic E-state index is 0.0669. The van der Waals surface area contributed by atoms with Crippen molar-refractivity contribution in [2.24, 2.45) is 0 Å². The first kappa shape index (κ1) is 16.0. The molecule has 0 radical (unpaired) electrons. The Morgan fingerprint density at radius 2 is 1.84 bits per heavy atom. The topological polar surface area (TPSA) is 63.6 Å². The predicted octanol–water partition coefficient (Wildman–Crippen LogP) is 3.59. The van der Waals surface area contributed by atoms with Gasteiger partial charge in [-0.25, -0.2) is 0 Å². The Morgan fingerprint density at radius 1 is 1.16 bits per heavy atom. The number of aryl methyl sites for hydroxylation is 1. The van der Waals surface area contributed by atoms with Crippen molar-refractivity contribution in [2.75, 3.05) is 6.61 Å². The third-order valence-corrected chi connectivity index (χ3v) is 3.95. The fourth-order valence-corrected chi connectivity index (χ4v) is 2.60. The van der Waals surface area contributed by atoms with Crippen LogP contribution in [0.2, 0.25) is 0 Å². The number of rotatable bonds is 8. The molecular weight excluding hydrogens is 264 g/mol. The Hall–Kier alpha value is -1.07. The number of hydrogen-bond acceptors (Lipinski definition) is 3. The molecular formula is C14H22O4S. The average Bonchev–Trinajstić information content (AvgIpc) is 2.32. The fourth-order valence-electron chi connectivity index (χ4n) is 1.90. The smallest absolute Gasteiger partial charge is 0.294 e. The van der Waals surface area contributed by atoms with E-state index in [2.05, 4.69) is 6.92 Å². The van der Waals surface area contributed by atoms with Crippen molar-refractivity contribution in [3.8, 4) is 5.75 Å². The van der Waals surface area contributed by atoms with E-state index >= 15 is 0 Å². The number of unbranched alkanes of at least 4 members (excludes halogenated alkanes) is 4. The lowest BCUT2D eigenvalue weighted by atomic mass is 10.2. The normalized spacial score (nSPS) is 11.5. The van der Waals surface area contributed by atoms with Crippen LogP contribution in [-0.2, 0) is 10.1 Å². The van der Waals surface area contributed by atoms with Gasteiger partial charge in [-0.15, -0.1) is 0 Å². The van der Waals surface area contributed by atoms with E-state index in [-0.39, 0.29) is 4.90 Å². The largest absolute Gasteiger partial charge is 0.494 e. The summed E-state index contributed by atoms with van der Waals surface area (Å²) in [6.07, 6.45) is 5.84. The van der Waals surface area contributed by atoms with E-state index in [1.165, 1.54) is 25.3 Å². The summed E-state index contributed by atoms with van der Waals surface area (Å²) in [4.78, 5) is -0.0669. The highest BCUT2D eigenvalue weighted by Gasteiger charge is 2.13. The van der Waals surface area contributed by atoms with Crippen molar-refractivity contribution in [2.45, 2.75) is 50.8 Å². The van der Waals surface area contributed by atoms with Crippen LogP contribution in [0.15, 0.2) is 23.1 Å². The van der Waals surface area contributed by atoms with Gasteiger partial charge in [0.15, 0.2) is 0 Å². The lowest BCUT2D eigenvalue weighted by molar-refractivity contribution is 0.304. The summed E-state index contributed by atoms with van der Waals surface area (Å²) in [5.74, 6) is 0.639. The molecule has 1 rings (SSSR count). The highest BCUT2D eigenvalue weighted by atomic mass is 32.2. The summed E-state index contributed by atoms with van der Waals surface area (Å²) in [7, 11) is -4.14. The molecule has 0 saturated carbocycles. The Morgan fingerprint density at radius 3 is 2.42 bits per heavy atom. The van der Waals surface area contributed by atoms with Crippen LogP contribution >= 0.6 is 0 Å². The molecule has 0 unspecified atom stereocenters. The molecule has 0 aliphatic rings. The molecule has 19 heavy (non-hydrogen) atoms. The first-order valence-corrected chi connectivity index (χ1v) is 8.10. The zero-order chi connectivity index (χ0) is 14.3. The van der Waals surface area contributed by atoms with Gasteiger partial charge in [0.2, 0.25) is 0 Å². The molecule has 0 bridgehead atoms. The summed E-state index contributed by atoms with van der Waals surface area (Å²) in [5, 5.41) is 0. The van der Waals surface area contributed by atoms with Crippen LogP contribution in [0.4, 0.5) is 0 Å². The number of ether oxygens (including phenoxy) is 1. The molecule has 0 fully saturated rings. The van der Waals surface area contributed by atoms with Crippen LogP contribution in [0.25, 0.3) is 0 Å². The molecule has 0 amide bonds. The van der Waals surface area contributed by atoms with Gasteiger partial charge in [-0.2, -0.15) is 8.42 Å². The molecule has 1 aromatic carbocycles. The molecule has 0 spiro atoms. The first-order chi connectivity index (χ1) is 8.95. The Balaban J connectivity index is 2.46. The average molecular weight is 286 g/mol. The van der Waals surface area contributed by atoms with Gasteiger partial charge in [0.25, 0.3) is 10.1 Å². The maximum Gasteiger partial charge on any atom is 0.294 e. The standard InChI is InChI=1S/C14H22O4S/c1-3-4-5-6-7-10-18-13-8-9-14(12(2)11-13)19(15,16)17/h8-9,11H,3-7,10H2,1-2H3,(H,15,16,17). The summed E-state index contributed by atoms with van der Waals surface area (Å²) in [5.41, 5.74) is 0.492. The second-order valence-corrected chi connectivity index (χ2v) is 6.06. The maximum absolute atomic E-state index is 11.0. The molecule has 0 atom stereocenters. The van der Waals surface area contributed by atoms with Gasteiger partial charge in [0, 0.05) is 0 Å². The van der Waals surface area contributed by atoms with Crippen molar-refractivity contribution in [1.29, 1.82) is 0 Å². The lowest BCUT2D eigenvalue weighted by Crippen LogP contribution is -2.02. The molecule has 108 valence electrons. The summed E-state index contributed by atoms with van der Waals surface area (Å²) in [6, 6.07) is 4.58. The monoisotopic (exact) mass is 286 g/mol. The van der Waals surface area contributed by atoms with E-state index in [4.69, 9.17) is 9.29 Å². The van der Waals surface area contributed by atoms with Crippen molar-refractivity contribution >= 4 is 10.1 Å². The Kier molecular flexibility index (Phi) is 6.31. The fraction of sp³-hybridized carbons (Fsp3) is 0.571. The highest BCUT2D eigenvalue weighted by Crippen LogP contribution is 2.21. The van der Waals surface area contributed by atoms with E-state index in [1.54, 1.807) is 19.1 Å². The van der Waals surface area contributed by atoms with Crippen LogP contribution in [-0.4, -0.2) is 19.6 Å². The zero-order valence-corrected chi connectivity index (χ0v) is 12.4. The van der Waals surface area contributed by atoms with Crippen LogP contribution in [0, 0.1) is 6.92 Å². The molecule has 0 saturated heterocycles. The van der Waals surface area contributed by atoms with Crippen LogP contribution in [0.1, 0.15) is 44.6 Å². The molecule has 5 heteroatoms. The predicted molar refractivity (Wildman–Crippen MR) is 75.2 cm³/mol. The third kappa shape index (κ3) is 5.61. The van der Waals surface area contributed by atoms with Crippen molar-refractivity contribution in [3.63, 3.8) is 0 Å². The molecule has 0 aromatic heterocycles. The van der Waals surface area contributed by atoms with E-state index in [9.17, 15) is 8.42 Å². The summed E-state index contributed by atoms with van der Waals surface area (Å²) >= 11 is 0. The summed E-state index contributed by atoms with van der Waals surface area (Å²) in [6.45, 7) is 4.45. The van der Waals surface area contributed by atoms with E-state index < -0.39 is 10.1 Å². The third-order valence-electron chi connectivity index (χ3n) is 2.94. The molecule has 0 aliphatic heterocycles. The minimum Gasteiger partial charge on any atom is -0.494 e. The van der Waals surface area contributed by atoms with Gasteiger partial charge in [-0.1, -0.05) is 32.6 Å². The van der Waals surface area contributed by atoms with E-state index in [1.807, 2.05) is 0 Å². The maximum atomic E-state index is 11.0. The molecule has 4 nitrogen and oxygen atoms in total. The Bertz CT molecular complexity index is 494. The van der Waals surface area contributed by atoms with Gasteiger partial charge in [-0.3, -0.25) is 4.55 Å². The lowest BCUT2D eigenvalue weighted by Gasteiger charge is -2.08. The van der Waals surface area contributed by atoms with Crippen LogP contribution < -0.4 is 4.74 Å². The molecule has 1 N–H and O–H groups in total. The molecule has 0 aliphatic carbocycles. The zero-order valence-electron chi connectivity index (χ0n) is 11.6. The first-order valence-electron chi connectivity index (χ1n) is 6.66. The van der Waals surface area contributed by atoms with Gasteiger partial charge in [0.1, 0.15) is 5.75 Å². The highest BCUT2D eigenvalue weighted by molar-refractivity contribution is 7.85. The minimum atomic E-state index is -4.14. The van der Waals surface area contributed by atoms with Gasteiger partial charge >= 0.3 is 0 Å². The second kappa shape index (κ2) is 7.50. The molecule has 0 heterocycles. The van der Waals surface area contributed by atoms with Gasteiger partial charge in [-0.05, 0) is 37.1 Å². The molecule has 1 aromatic rings. The van der Waals surface area contributed by atoms with Gasteiger partial charge in [0.05, 0.1) is 11.5 Å². The van der Waals surface area contributed by atoms with Gasteiger partial charge < -0.3 is 4.74 Å². The number of benzene rings is 1. The van der Waals surface area contributed by atoms with Crippen LogP contribution in [0.5, 0.6) is 5.75 Å². The van der Waals surface area contributed by atoms with Crippen LogP contribution in [0.3, 0.4) is 0 Å².